The van der Waals surface area contributed by atoms with E-state index in [1.165, 1.54) is 6.20 Å². The number of aliphatic hydroxyl groups is 1. The standard InChI is InChI=1S/C13H15N3O2/c1-9-11(7-14-16-9)13(18)15-12(8-17)10-5-3-2-4-6-10/h2-7,12,17H,8H2,1H3,(H,14,16)(H,15,18)/t12-/m1/s1. The van der Waals surface area contributed by atoms with Crippen LogP contribution in [0.25, 0.3) is 0 Å². The van der Waals surface area contributed by atoms with E-state index >= 15 is 0 Å². The maximum Gasteiger partial charge on any atom is 0.255 e. The van der Waals surface area contributed by atoms with Crippen molar-refractivity contribution in [1.29, 1.82) is 0 Å². The van der Waals surface area contributed by atoms with Gasteiger partial charge in [-0.2, -0.15) is 5.10 Å². The summed E-state index contributed by atoms with van der Waals surface area (Å²) in [5.41, 5.74) is 2.07. The van der Waals surface area contributed by atoms with Crippen molar-refractivity contribution < 1.29 is 9.90 Å². The zero-order valence-electron chi connectivity index (χ0n) is 10.1. The summed E-state index contributed by atoms with van der Waals surface area (Å²) >= 11 is 0. The van der Waals surface area contributed by atoms with Crippen molar-refractivity contribution in [1.82, 2.24) is 15.5 Å². The molecule has 0 saturated heterocycles. The summed E-state index contributed by atoms with van der Waals surface area (Å²) in [5.74, 6) is -0.246. The third kappa shape index (κ3) is 2.57. The minimum atomic E-state index is -0.409. The van der Waals surface area contributed by atoms with Gasteiger partial charge in [0.2, 0.25) is 0 Å². The molecule has 1 atom stereocenters. The molecule has 0 radical (unpaired) electrons. The minimum absolute atomic E-state index is 0.146. The number of aromatic nitrogens is 2. The summed E-state index contributed by atoms with van der Waals surface area (Å²) in [7, 11) is 0. The van der Waals surface area contributed by atoms with Crippen LogP contribution in [-0.4, -0.2) is 27.8 Å². The maximum absolute atomic E-state index is 12.0. The van der Waals surface area contributed by atoms with Gasteiger partial charge < -0.3 is 10.4 Å². The highest BCUT2D eigenvalue weighted by Crippen LogP contribution is 2.13. The molecule has 0 aliphatic rings. The molecule has 0 aliphatic carbocycles. The lowest BCUT2D eigenvalue weighted by molar-refractivity contribution is 0.0915. The van der Waals surface area contributed by atoms with E-state index in [1.807, 2.05) is 30.3 Å². The van der Waals surface area contributed by atoms with Gasteiger partial charge in [-0.1, -0.05) is 30.3 Å². The van der Waals surface area contributed by atoms with Crippen LogP contribution in [0.5, 0.6) is 0 Å². The smallest absolute Gasteiger partial charge is 0.255 e. The Balaban J connectivity index is 2.13. The molecule has 3 N–H and O–H groups in total. The van der Waals surface area contributed by atoms with Gasteiger partial charge in [0, 0.05) is 5.69 Å². The lowest BCUT2D eigenvalue weighted by atomic mass is 10.1. The molecule has 0 fully saturated rings. The highest BCUT2D eigenvalue weighted by atomic mass is 16.3. The number of benzene rings is 1. The maximum atomic E-state index is 12.0. The Morgan fingerprint density at radius 1 is 1.44 bits per heavy atom. The number of aromatic amines is 1. The molecule has 18 heavy (non-hydrogen) atoms. The van der Waals surface area contributed by atoms with E-state index in [-0.39, 0.29) is 12.5 Å². The molecule has 0 saturated carbocycles. The average Bonchev–Trinajstić information content (AvgIpc) is 2.83. The van der Waals surface area contributed by atoms with Crippen LogP contribution in [0.1, 0.15) is 27.7 Å². The zero-order chi connectivity index (χ0) is 13.0. The molecule has 5 nitrogen and oxygen atoms in total. The third-order valence-electron chi connectivity index (χ3n) is 2.76. The van der Waals surface area contributed by atoms with E-state index in [0.717, 1.165) is 5.56 Å². The van der Waals surface area contributed by atoms with Crippen LogP contribution in [0.3, 0.4) is 0 Å². The highest BCUT2D eigenvalue weighted by Gasteiger charge is 2.16. The van der Waals surface area contributed by atoms with Gasteiger partial charge in [0.25, 0.3) is 5.91 Å². The number of H-pyrrole nitrogens is 1. The second-order valence-corrected chi connectivity index (χ2v) is 4.03. The van der Waals surface area contributed by atoms with E-state index in [2.05, 4.69) is 15.5 Å². The van der Waals surface area contributed by atoms with Crippen molar-refractivity contribution in [2.24, 2.45) is 0 Å². The van der Waals surface area contributed by atoms with Crippen LogP contribution in [-0.2, 0) is 0 Å². The number of carbonyl (C=O) groups is 1. The molecule has 1 aromatic heterocycles. The first-order chi connectivity index (χ1) is 8.72. The highest BCUT2D eigenvalue weighted by molar-refractivity contribution is 5.95. The molecule has 1 heterocycles. The van der Waals surface area contributed by atoms with E-state index in [1.54, 1.807) is 6.92 Å². The Morgan fingerprint density at radius 3 is 2.72 bits per heavy atom. The second-order valence-electron chi connectivity index (χ2n) is 4.03. The molecule has 0 bridgehead atoms. The first-order valence-corrected chi connectivity index (χ1v) is 5.69. The summed E-state index contributed by atoms with van der Waals surface area (Å²) in [6.45, 7) is 1.63. The number of carbonyl (C=O) groups excluding carboxylic acids is 1. The van der Waals surface area contributed by atoms with Crippen molar-refractivity contribution in [3.05, 3.63) is 53.3 Å². The lowest BCUT2D eigenvalue weighted by Crippen LogP contribution is -2.30. The molecule has 0 aliphatic heterocycles. The molecular weight excluding hydrogens is 230 g/mol. The van der Waals surface area contributed by atoms with Gasteiger partial charge in [0.05, 0.1) is 24.4 Å². The largest absolute Gasteiger partial charge is 0.394 e. The van der Waals surface area contributed by atoms with Crippen LogP contribution in [0.15, 0.2) is 36.5 Å². The van der Waals surface area contributed by atoms with E-state index in [9.17, 15) is 9.90 Å². The number of nitrogens with one attached hydrogen (secondary N) is 2. The SMILES string of the molecule is Cc1[nH]ncc1C(=O)N[C@H](CO)c1ccccc1. The molecule has 0 spiro atoms. The quantitative estimate of drug-likeness (QED) is 0.757. The van der Waals surface area contributed by atoms with Crippen molar-refractivity contribution in [3.8, 4) is 0 Å². The Labute approximate surface area is 105 Å². The Bertz CT molecular complexity index is 522. The average molecular weight is 245 g/mol. The monoisotopic (exact) mass is 245 g/mol. The van der Waals surface area contributed by atoms with E-state index in [0.29, 0.717) is 11.3 Å². The van der Waals surface area contributed by atoms with Gasteiger partial charge in [0.15, 0.2) is 0 Å². The fraction of sp³-hybridized carbons (Fsp3) is 0.231. The Morgan fingerprint density at radius 2 is 2.17 bits per heavy atom. The number of aliphatic hydroxyl groups excluding tert-OH is 1. The fourth-order valence-electron chi connectivity index (χ4n) is 1.74. The number of rotatable bonds is 4. The van der Waals surface area contributed by atoms with E-state index < -0.39 is 6.04 Å². The Hall–Kier alpha value is -2.14. The van der Waals surface area contributed by atoms with Crippen molar-refractivity contribution in [2.75, 3.05) is 6.61 Å². The van der Waals surface area contributed by atoms with Crippen LogP contribution in [0, 0.1) is 6.92 Å². The summed E-state index contributed by atoms with van der Waals surface area (Å²) < 4.78 is 0. The first kappa shape index (κ1) is 12.3. The van der Waals surface area contributed by atoms with Crippen molar-refractivity contribution in [2.45, 2.75) is 13.0 Å². The summed E-state index contributed by atoms with van der Waals surface area (Å²) in [4.78, 5) is 12.0. The molecule has 1 amide bonds. The molecule has 2 aromatic rings. The van der Waals surface area contributed by atoms with Gasteiger partial charge in [0.1, 0.15) is 0 Å². The molecule has 2 rings (SSSR count). The second kappa shape index (κ2) is 5.46. The number of nitrogens with zero attached hydrogens (tertiary/aromatic N) is 1. The fourth-order valence-corrected chi connectivity index (χ4v) is 1.74. The molecule has 1 aromatic carbocycles. The number of hydrogen-bond donors (Lipinski definition) is 3. The Kier molecular flexibility index (Phi) is 3.74. The van der Waals surface area contributed by atoms with Gasteiger partial charge in [-0.3, -0.25) is 9.89 Å². The van der Waals surface area contributed by atoms with E-state index in [4.69, 9.17) is 0 Å². The van der Waals surface area contributed by atoms with Crippen LogP contribution in [0.2, 0.25) is 0 Å². The molecular formula is C13H15N3O2. The molecule has 5 heteroatoms. The predicted molar refractivity (Wildman–Crippen MR) is 67.1 cm³/mol. The molecule has 0 unspecified atom stereocenters. The summed E-state index contributed by atoms with van der Waals surface area (Å²) in [6, 6.07) is 8.95. The topological polar surface area (TPSA) is 78.0 Å². The van der Waals surface area contributed by atoms with Crippen molar-refractivity contribution in [3.63, 3.8) is 0 Å². The number of hydrogen-bond acceptors (Lipinski definition) is 3. The van der Waals surface area contributed by atoms with Gasteiger partial charge in [-0.25, -0.2) is 0 Å². The minimum Gasteiger partial charge on any atom is -0.394 e. The molecule has 94 valence electrons. The first-order valence-electron chi connectivity index (χ1n) is 5.69. The zero-order valence-corrected chi connectivity index (χ0v) is 10.1. The normalized spacial score (nSPS) is 12.1. The number of amides is 1. The summed E-state index contributed by atoms with van der Waals surface area (Å²) in [6.07, 6.45) is 1.48. The third-order valence-corrected chi connectivity index (χ3v) is 2.76. The van der Waals surface area contributed by atoms with Crippen LogP contribution >= 0.6 is 0 Å². The predicted octanol–water partition coefficient (Wildman–Crippen LogP) is 1.18. The van der Waals surface area contributed by atoms with Crippen LogP contribution in [0.4, 0.5) is 0 Å². The summed E-state index contributed by atoms with van der Waals surface area (Å²) in [5, 5.41) is 18.6. The van der Waals surface area contributed by atoms with Gasteiger partial charge in [-0.15, -0.1) is 0 Å². The number of aryl methyl sites for hydroxylation is 1. The van der Waals surface area contributed by atoms with Crippen molar-refractivity contribution >= 4 is 5.91 Å². The van der Waals surface area contributed by atoms with Crippen LogP contribution < -0.4 is 5.32 Å². The van der Waals surface area contributed by atoms with Gasteiger partial charge in [-0.05, 0) is 12.5 Å². The lowest BCUT2D eigenvalue weighted by Gasteiger charge is -2.16. The van der Waals surface area contributed by atoms with Gasteiger partial charge >= 0.3 is 0 Å².